The largest absolute Gasteiger partial charge is 0.481 e. The molecule has 1 aliphatic carbocycles. The number of carbonyl (C=O) groups excluding carboxylic acids is 1. The average molecular weight is 256 g/mol. The molecule has 0 saturated heterocycles. The number of hydrogen-bond donors (Lipinski definition) is 2. The van der Waals surface area contributed by atoms with E-state index in [2.05, 4.69) is 12.2 Å². The lowest BCUT2D eigenvalue weighted by Crippen LogP contribution is -2.48. The molecule has 18 heavy (non-hydrogen) atoms. The molecule has 0 bridgehead atoms. The molecular weight excluding hydrogens is 232 g/mol. The zero-order chi connectivity index (χ0) is 13.7. The monoisotopic (exact) mass is 256 g/mol. The Kier molecular flexibility index (Phi) is 5.44. The highest BCUT2D eigenvalue weighted by molar-refractivity contribution is 5.76. The Morgan fingerprint density at radius 2 is 2.00 bits per heavy atom. The topological polar surface area (TPSA) is 69.6 Å². The van der Waals surface area contributed by atoms with Crippen LogP contribution in [0.25, 0.3) is 0 Å². The molecule has 2 N–H and O–H groups in total. The molecule has 2 amide bonds. The number of nitrogens with one attached hydrogen (secondary N) is 1. The minimum atomic E-state index is -0.874. The minimum absolute atomic E-state index is 0.165. The molecule has 0 aromatic carbocycles. The van der Waals surface area contributed by atoms with Crippen molar-refractivity contribution >= 4 is 12.0 Å². The van der Waals surface area contributed by atoms with Crippen LogP contribution in [0.2, 0.25) is 0 Å². The molecular formula is C13H24N2O3. The van der Waals surface area contributed by atoms with E-state index in [4.69, 9.17) is 5.11 Å². The van der Waals surface area contributed by atoms with Crippen molar-refractivity contribution in [2.75, 3.05) is 13.6 Å². The standard InChI is InChI=1S/C13H24N2O3/c1-9-6-4-5-7-11(9)14-13(18)15(3)8-10(2)12(16)17/h9-11H,4-8H2,1-3H3,(H,14,18)(H,16,17). The van der Waals surface area contributed by atoms with Gasteiger partial charge in [0.15, 0.2) is 0 Å². The van der Waals surface area contributed by atoms with Crippen LogP contribution in [-0.4, -0.2) is 41.6 Å². The maximum atomic E-state index is 11.9. The second-order valence-corrected chi connectivity index (χ2v) is 5.44. The Balaban J connectivity index is 2.41. The van der Waals surface area contributed by atoms with Crippen LogP contribution in [0, 0.1) is 11.8 Å². The summed E-state index contributed by atoms with van der Waals surface area (Å²) in [6.07, 6.45) is 4.57. The van der Waals surface area contributed by atoms with Gasteiger partial charge >= 0.3 is 12.0 Å². The average Bonchev–Trinajstić information content (AvgIpc) is 2.31. The van der Waals surface area contributed by atoms with E-state index in [0.717, 1.165) is 19.3 Å². The fourth-order valence-electron chi connectivity index (χ4n) is 2.37. The molecule has 0 aliphatic heterocycles. The normalized spacial score (nSPS) is 25.3. The summed E-state index contributed by atoms with van der Waals surface area (Å²) in [6.45, 7) is 4.00. The molecule has 0 heterocycles. The molecule has 5 nitrogen and oxygen atoms in total. The van der Waals surface area contributed by atoms with Gasteiger partial charge in [-0.3, -0.25) is 4.79 Å². The highest BCUT2D eigenvalue weighted by Crippen LogP contribution is 2.23. The van der Waals surface area contributed by atoms with Crippen molar-refractivity contribution in [3.8, 4) is 0 Å². The van der Waals surface area contributed by atoms with Gasteiger partial charge in [-0.25, -0.2) is 4.79 Å². The highest BCUT2D eigenvalue weighted by Gasteiger charge is 2.25. The molecule has 0 spiro atoms. The first-order valence-corrected chi connectivity index (χ1v) is 6.66. The third-order valence-corrected chi connectivity index (χ3v) is 3.74. The number of rotatable bonds is 4. The van der Waals surface area contributed by atoms with Gasteiger partial charge in [-0.1, -0.05) is 26.7 Å². The van der Waals surface area contributed by atoms with Crippen molar-refractivity contribution in [2.24, 2.45) is 11.8 Å². The lowest BCUT2D eigenvalue weighted by atomic mass is 9.86. The molecule has 1 rings (SSSR count). The van der Waals surface area contributed by atoms with Gasteiger partial charge in [-0.05, 0) is 18.8 Å². The van der Waals surface area contributed by atoms with Gasteiger partial charge in [0.05, 0.1) is 5.92 Å². The number of carbonyl (C=O) groups is 2. The molecule has 3 unspecified atom stereocenters. The zero-order valence-corrected chi connectivity index (χ0v) is 11.5. The van der Waals surface area contributed by atoms with E-state index >= 15 is 0 Å². The van der Waals surface area contributed by atoms with Crippen molar-refractivity contribution < 1.29 is 14.7 Å². The van der Waals surface area contributed by atoms with E-state index in [-0.39, 0.29) is 18.6 Å². The van der Waals surface area contributed by atoms with Crippen molar-refractivity contribution in [3.05, 3.63) is 0 Å². The molecule has 104 valence electrons. The first-order chi connectivity index (χ1) is 8.41. The van der Waals surface area contributed by atoms with Gasteiger partial charge in [0, 0.05) is 19.6 Å². The van der Waals surface area contributed by atoms with Crippen LogP contribution in [0.1, 0.15) is 39.5 Å². The Hall–Kier alpha value is -1.26. The van der Waals surface area contributed by atoms with Gasteiger partial charge in [-0.2, -0.15) is 0 Å². The van der Waals surface area contributed by atoms with E-state index in [1.54, 1.807) is 14.0 Å². The lowest BCUT2D eigenvalue weighted by molar-refractivity contribution is -0.141. The predicted molar refractivity (Wildman–Crippen MR) is 69.4 cm³/mol. The second kappa shape index (κ2) is 6.61. The van der Waals surface area contributed by atoms with E-state index in [9.17, 15) is 9.59 Å². The Morgan fingerprint density at radius 3 is 2.56 bits per heavy atom. The van der Waals surface area contributed by atoms with E-state index in [1.807, 2.05) is 0 Å². The van der Waals surface area contributed by atoms with E-state index in [1.165, 1.54) is 11.3 Å². The summed E-state index contributed by atoms with van der Waals surface area (Å²) in [6, 6.07) is 0.0654. The number of carboxylic acid groups (broad SMARTS) is 1. The van der Waals surface area contributed by atoms with Gasteiger partial charge in [0.2, 0.25) is 0 Å². The number of aliphatic carboxylic acids is 1. The number of nitrogens with zero attached hydrogens (tertiary/aromatic N) is 1. The van der Waals surface area contributed by atoms with Crippen LogP contribution in [-0.2, 0) is 4.79 Å². The number of urea groups is 1. The first kappa shape index (κ1) is 14.8. The molecule has 1 aliphatic rings. The first-order valence-electron chi connectivity index (χ1n) is 6.66. The summed E-state index contributed by atoms with van der Waals surface area (Å²) < 4.78 is 0. The fourth-order valence-corrected chi connectivity index (χ4v) is 2.37. The Bertz CT molecular complexity index is 307. The molecule has 5 heteroatoms. The van der Waals surface area contributed by atoms with Crippen LogP contribution in [0.4, 0.5) is 4.79 Å². The SMILES string of the molecule is CC(CN(C)C(=O)NC1CCCCC1C)C(=O)O. The maximum Gasteiger partial charge on any atom is 0.317 e. The third-order valence-electron chi connectivity index (χ3n) is 3.74. The van der Waals surface area contributed by atoms with Crippen molar-refractivity contribution in [1.82, 2.24) is 10.2 Å². The van der Waals surface area contributed by atoms with Gasteiger partial charge in [-0.15, -0.1) is 0 Å². The summed E-state index contributed by atoms with van der Waals surface area (Å²) in [7, 11) is 1.64. The van der Waals surface area contributed by atoms with Crippen LogP contribution >= 0.6 is 0 Å². The summed E-state index contributed by atoms with van der Waals surface area (Å²) in [4.78, 5) is 24.1. The van der Waals surface area contributed by atoms with Gasteiger partial charge < -0.3 is 15.3 Å². The van der Waals surface area contributed by atoms with Crippen LogP contribution < -0.4 is 5.32 Å². The van der Waals surface area contributed by atoms with Crippen molar-refractivity contribution in [1.29, 1.82) is 0 Å². The highest BCUT2D eigenvalue weighted by atomic mass is 16.4. The molecule has 3 atom stereocenters. The number of hydrogen-bond acceptors (Lipinski definition) is 2. The van der Waals surface area contributed by atoms with Gasteiger partial charge in [0.25, 0.3) is 0 Å². The molecule has 0 aromatic heterocycles. The smallest absolute Gasteiger partial charge is 0.317 e. The summed E-state index contributed by atoms with van der Waals surface area (Å²) in [5, 5.41) is 11.8. The predicted octanol–water partition coefficient (Wildman–Crippen LogP) is 1.93. The maximum absolute atomic E-state index is 11.9. The van der Waals surface area contributed by atoms with E-state index < -0.39 is 11.9 Å². The Labute approximate surface area is 109 Å². The fraction of sp³-hybridized carbons (Fsp3) is 0.846. The zero-order valence-electron chi connectivity index (χ0n) is 11.5. The molecule has 1 saturated carbocycles. The van der Waals surface area contributed by atoms with E-state index in [0.29, 0.717) is 5.92 Å². The van der Waals surface area contributed by atoms with Crippen molar-refractivity contribution in [2.45, 2.75) is 45.6 Å². The minimum Gasteiger partial charge on any atom is -0.481 e. The Morgan fingerprint density at radius 1 is 1.39 bits per heavy atom. The van der Waals surface area contributed by atoms with Crippen LogP contribution in [0.15, 0.2) is 0 Å². The summed E-state index contributed by atoms with van der Waals surface area (Å²) in [5.41, 5.74) is 0. The summed E-state index contributed by atoms with van der Waals surface area (Å²) in [5.74, 6) is -0.904. The van der Waals surface area contributed by atoms with Crippen LogP contribution in [0.5, 0.6) is 0 Å². The van der Waals surface area contributed by atoms with Crippen LogP contribution in [0.3, 0.4) is 0 Å². The number of carboxylic acids is 1. The quantitative estimate of drug-likeness (QED) is 0.807. The van der Waals surface area contributed by atoms with Gasteiger partial charge in [0.1, 0.15) is 0 Å². The van der Waals surface area contributed by atoms with Crippen molar-refractivity contribution in [3.63, 3.8) is 0 Å². The molecule has 0 radical (unpaired) electrons. The third kappa shape index (κ3) is 4.20. The summed E-state index contributed by atoms with van der Waals surface area (Å²) >= 11 is 0. The molecule has 1 fully saturated rings. The second-order valence-electron chi connectivity index (χ2n) is 5.44. The lowest BCUT2D eigenvalue weighted by Gasteiger charge is -2.31. The number of amides is 2. The molecule has 0 aromatic rings.